The second-order valence-electron chi connectivity index (χ2n) is 5.87. The van der Waals surface area contributed by atoms with Gasteiger partial charge in [0.05, 0.1) is 18.9 Å². The van der Waals surface area contributed by atoms with Crippen molar-refractivity contribution in [2.24, 2.45) is 0 Å². The van der Waals surface area contributed by atoms with Gasteiger partial charge in [-0.25, -0.2) is 9.97 Å². The first-order valence-corrected chi connectivity index (χ1v) is 7.75. The molecule has 4 nitrogen and oxygen atoms in total. The molecular formula is C18H19N3O. The van der Waals surface area contributed by atoms with Crippen LogP contribution in [0.2, 0.25) is 0 Å². The van der Waals surface area contributed by atoms with E-state index in [1.807, 2.05) is 0 Å². The molecule has 0 bridgehead atoms. The summed E-state index contributed by atoms with van der Waals surface area (Å²) in [7, 11) is 0. The van der Waals surface area contributed by atoms with Crippen molar-refractivity contribution in [1.82, 2.24) is 9.97 Å². The molecule has 0 N–H and O–H groups in total. The lowest BCUT2D eigenvalue weighted by Crippen LogP contribution is -2.37. The summed E-state index contributed by atoms with van der Waals surface area (Å²) in [5.74, 6) is 1.05. The lowest BCUT2D eigenvalue weighted by atomic mass is 10.0. The summed E-state index contributed by atoms with van der Waals surface area (Å²) < 4.78 is 5.44. The molecule has 1 saturated heterocycles. The maximum absolute atomic E-state index is 5.44. The molecule has 0 radical (unpaired) electrons. The molecule has 1 aliphatic heterocycles. The molecule has 0 atom stereocenters. The third-order valence-electron chi connectivity index (χ3n) is 4.35. The van der Waals surface area contributed by atoms with E-state index in [0.717, 1.165) is 44.2 Å². The number of fused-ring (bicyclic) bond motifs is 1. The summed E-state index contributed by atoms with van der Waals surface area (Å²) in [4.78, 5) is 11.3. The monoisotopic (exact) mass is 293 g/mol. The van der Waals surface area contributed by atoms with Crippen LogP contribution in [0.1, 0.15) is 22.4 Å². The Hall–Kier alpha value is -2.20. The highest BCUT2D eigenvalue weighted by Crippen LogP contribution is 2.35. The Bertz CT molecular complexity index is 716. The fourth-order valence-electron chi connectivity index (χ4n) is 3.10. The van der Waals surface area contributed by atoms with Crippen LogP contribution in [-0.2, 0) is 11.2 Å². The van der Waals surface area contributed by atoms with E-state index in [4.69, 9.17) is 4.74 Å². The number of allylic oxidation sites excluding steroid dienone is 1. The molecule has 0 saturated carbocycles. The largest absolute Gasteiger partial charge is 0.378 e. The van der Waals surface area contributed by atoms with Gasteiger partial charge in [0.2, 0.25) is 0 Å². The predicted octanol–water partition coefficient (Wildman–Crippen LogP) is 2.72. The van der Waals surface area contributed by atoms with Gasteiger partial charge in [-0.15, -0.1) is 0 Å². The molecular weight excluding hydrogens is 274 g/mol. The Balaban J connectivity index is 1.69. The number of rotatable bonds is 2. The smallest absolute Gasteiger partial charge is 0.139 e. The van der Waals surface area contributed by atoms with Crippen LogP contribution in [0.5, 0.6) is 0 Å². The zero-order chi connectivity index (χ0) is 14.9. The molecule has 0 spiro atoms. The van der Waals surface area contributed by atoms with Gasteiger partial charge in [0.25, 0.3) is 0 Å². The first-order valence-electron chi connectivity index (χ1n) is 7.75. The van der Waals surface area contributed by atoms with Crippen molar-refractivity contribution < 1.29 is 4.74 Å². The fraction of sp³-hybridized carbons (Fsp3) is 0.333. The average molecular weight is 293 g/mol. The van der Waals surface area contributed by atoms with Gasteiger partial charge in [-0.2, -0.15) is 0 Å². The number of hydrogen-bond acceptors (Lipinski definition) is 4. The number of hydrogen-bond donors (Lipinski definition) is 0. The minimum Gasteiger partial charge on any atom is -0.378 e. The lowest BCUT2D eigenvalue weighted by molar-refractivity contribution is 0.122. The summed E-state index contributed by atoms with van der Waals surface area (Å²) >= 11 is 0. The van der Waals surface area contributed by atoms with Crippen molar-refractivity contribution in [3.8, 4) is 0 Å². The number of aromatic nitrogens is 2. The molecule has 0 unspecified atom stereocenters. The van der Waals surface area contributed by atoms with E-state index in [9.17, 15) is 0 Å². The van der Waals surface area contributed by atoms with Gasteiger partial charge < -0.3 is 9.64 Å². The molecule has 2 aromatic rings. The van der Waals surface area contributed by atoms with E-state index < -0.39 is 0 Å². The highest BCUT2D eigenvalue weighted by Gasteiger charge is 2.23. The predicted molar refractivity (Wildman–Crippen MR) is 87.8 cm³/mol. The Morgan fingerprint density at radius 3 is 2.59 bits per heavy atom. The molecule has 4 heteroatoms. The van der Waals surface area contributed by atoms with E-state index in [1.54, 1.807) is 6.33 Å². The maximum atomic E-state index is 5.44. The third kappa shape index (κ3) is 2.40. The number of morpholine rings is 1. The van der Waals surface area contributed by atoms with Crippen molar-refractivity contribution in [3.63, 3.8) is 0 Å². The van der Waals surface area contributed by atoms with Gasteiger partial charge in [-0.05, 0) is 24.1 Å². The van der Waals surface area contributed by atoms with Crippen LogP contribution in [0.3, 0.4) is 0 Å². The molecule has 2 aliphatic rings. The molecule has 0 amide bonds. The maximum Gasteiger partial charge on any atom is 0.139 e. The SMILES string of the molecule is Cc1ccc(C2=Cc3c(ncnc3N3CCOCC3)C2)cc1. The van der Waals surface area contributed by atoms with Gasteiger partial charge in [-0.1, -0.05) is 29.8 Å². The van der Waals surface area contributed by atoms with Crippen molar-refractivity contribution in [1.29, 1.82) is 0 Å². The molecule has 1 aromatic carbocycles. The molecule has 112 valence electrons. The second kappa shape index (κ2) is 5.54. The highest BCUT2D eigenvalue weighted by molar-refractivity contribution is 5.91. The van der Waals surface area contributed by atoms with E-state index in [-0.39, 0.29) is 0 Å². The lowest BCUT2D eigenvalue weighted by Gasteiger charge is -2.28. The highest BCUT2D eigenvalue weighted by atomic mass is 16.5. The first kappa shape index (κ1) is 13.5. The van der Waals surface area contributed by atoms with Gasteiger partial charge >= 0.3 is 0 Å². The molecule has 1 fully saturated rings. The number of anilines is 1. The average Bonchev–Trinajstić information content (AvgIpc) is 3.00. The summed E-state index contributed by atoms with van der Waals surface area (Å²) in [5.41, 5.74) is 6.20. The summed E-state index contributed by atoms with van der Waals surface area (Å²) in [6, 6.07) is 8.70. The van der Waals surface area contributed by atoms with Crippen LogP contribution < -0.4 is 4.90 Å². The Morgan fingerprint density at radius 2 is 1.82 bits per heavy atom. The Morgan fingerprint density at radius 1 is 1.05 bits per heavy atom. The van der Waals surface area contributed by atoms with Crippen LogP contribution in [0, 0.1) is 6.92 Å². The van der Waals surface area contributed by atoms with Crippen LogP contribution in [0.15, 0.2) is 30.6 Å². The molecule has 1 aliphatic carbocycles. The topological polar surface area (TPSA) is 38.2 Å². The van der Waals surface area contributed by atoms with E-state index in [0.29, 0.717) is 0 Å². The summed E-state index contributed by atoms with van der Waals surface area (Å²) in [5, 5.41) is 0. The number of benzene rings is 1. The van der Waals surface area contributed by atoms with Crippen molar-refractivity contribution in [2.75, 3.05) is 31.2 Å². The molecule has 4 rings (SSSR count). The Kier molecular flexibility index (Phi) is 3.39. The first-order chi connectivity index (χ1) is 10.8. The van der Waals surface area contributed by atoms with Crippen LogP contribution in [-0.4, -0.2) is 36.3 Å². The Labute approximate surface area is 130 Å². The van der Waals surface area contributed by atoms with Crippen molar-refractivity contribution in [2.45, 2.75) is 13.3 Å². The van der Waals surface area contributed by atoms with Crippen molar-refractivity contribution in [3.05, 3.63) is 53.0 Å². The molecule has 1 aromatic heterocycles. The van der Waals surface area contributed by atoms with Crippen molar-refractivity contribution >= 4 is 17.5 Å². The van der Waals surface area contributed by atoms with Gasteiger partial charge in [0, 0.05) is 25.1 Å². The van der Waals surface area contributed by atoms with E-state index in [1.165, 1.54) is 22.3 Å². The van der Waals surface area contributed by atoms with Crippen LogP contribution >= 0.6 is 0 Å². The summed E-state index contributed by atoms with van der Waals surface area (Å²) in [6.45, 7) is 5.46. The van der Waals surface area contributed by atoms with Gasteiger partial charge in [-0.3, -0.25) is 0 Å². The summed E-state index contributed by atoms with van der Waals surface area (Å²) in [6.07, 6.45) is 4.83. The third-order valence-corrected chi connectivity index (χ3v) is 4.35. The van der Waals surface area contributed by atoms with E-state index >= 15 is 0 Å². The minimum absolute atomic E-state index is 0.771. The zero-order valence-corrected chi connectivity index (χ0v) is 12.7. The van der Waals surface area contributed by atoms with Crippen LogP contribution in [0.4, 0.5) is 5.82 Å². The van der Waals surface area contributed by atoms with Crippen LogP contribution in [0.25, 0.3) is 11.6 Å². The number of ether oxygens (including phenoxy) is 1. The quantitative estimate of drug-likeness (QED) is 0.853. The molecule has 2 heterocycles. The normalized spacial score (nSPS) is 17.3. The van der Waals surface area contributed by atoms with E-state index in [2.05, 4.69) is 52.1 Å². The second-order valence-corrected chi connectivity index (χ2v) is 5.87. The van der Waals surface area contributed by atoms with Gasteiger partial charge in [0.1, 0.15) is 12.1 Å². The fourth-order valence-corrected chi connectivity index (χ4v) is 3.10. The number of aryl methyl sites for hydroxylation is 1. The minimum atomic E-state index is 0.771. The number of nitrogens with zero attached hydrogens (tertiary/aromatic N) is 3. The van der Waals surface area contributed by atoms with Gasteiger partial charge in [0.15, 0.2) is 0 Å². The molecule has 22 heavy (non-hydrogen) atoms. The zero-order valence-electron chi connectivity index (χ0n) is 12.7. The standard InChI is InChI=1S/C18H19N3O/c1-13-2-4-14(5-3-13)15-10-16-17(11-15)19-12-20-18(16)21-6-8-22-9-7-21/h2-5,10,12H,6-9,11H2,1H3.